The van der Waals surface area contributed by atoms with Crippen molar-refractivity contribution >= 4 is 16.9 Å². The summed E-state index contributed by atoms with van der Waals surface area (Å²) in [7, 11) is 0. The Labute approximate surface area is 130 Å². The van der Waals surface area contributed by atoms with E-state index in [2.05, 4.69) is 41.9 Å². The van der Waals surface area contributed by atoms with Crippen molar-refractivity contribution in [3.63, 3.8) is 0 Å². The van der Waals surface area contributed by atoms with E-state index in [9.17, 15) is 0 Å². The molecule has 0 saturated carbocycles. The molecule has 1 nitrogen and oxygen atoms in total. The van der Waals surface area contributed by atoms with Crippen molar-refractivity contribution < 1.29 is 0 Å². The van der Waals surface area contributed by atoms with Gasteiger partial charge in [-0.05, 0) is 79.4 Å². The van der Waals surface area contributed by atoms with Gasteiger partial charge in [0.2, 0.25) is 0 Å². The monoisotopic (exact) mass is 295 g/mol. The van der Waals surface area contributed by atoms with Gasteiger partial charge in [0.15, 0.2) is 0 Å². The summed E-state index contributed by atoms with van der Waals surface area (Å²) in [5.74, 6) is 0. The fraction of sp³-hybridized carbons (Fsp3) is 0.368. The topological polar surface area (TPSA) is 12.0 Å². The van der Waals surface area contributed by atoms with Crippen LogP contribution < -0.4 is 5.32 Å². The first-order valence-corrected chi connectivity index (χ1v) is 8.80. The molecule has 1 aromatic carbocycles. The van der Waals surface area contributed by atoms with Crippen LogP contribution >= 0.6 is 11.3 Å². The molecular formula is C19H21NS. The molecule has 1 aliphatic heterocycles. The lowest BCUT2D eigenvalue weighted by Gasteiger charge is -2.21. The third-order valence-electron chi connectivity index (χ3n) is 4.73. The third-order valence-corrected chi connectivity index (χ3v) is 5.71. The Bertz CT molecular complexity index is 700. The van der Waals surface area contributed by atoms with E-state index < -0.39 is 0 Å². The Morgan fingerprint density at radius 2 is 1.81 bits per heavy atom. The molecule has 2 heteroatoms. The second-order valence-electron chi connectivity index (χ2n) is 6.15. The maximum Gasteiger partial charge on any atom is 0.0127 e. The summed E-state index contributed by atoms with van der Waals surface area (Å²) in [4.78, 5) is 1.57. The molecular weight excluding hydrogens is 274 g/mol. The Hall–Kier alpha value is -1.38. The minimum atomic E-state index is 1.12. The van der Waals surface area contributed by atoms with Crippen LogP contribution in [-0.4, -0.2) is 13.1 Å². The van der Waals surface area contributed by atoms with E-state index in [1.807, 2.05) is 11.3 Å². The number of thiophene rings is 1. The molecule has 108 valence electrons. The summed E-state index contributed by atoms with van der Waals surface area (Å²) in [5, 5.41) is 5.76. The maximum atomic E-state index is 3.49. The lowest BCUT2D eigenvalue weighted by atomic mass is 9.87. The highest BCUT2D eigenvalue weighted by molar-refractivity contribution is 7.10. The minimum Gasteiger partial charge on any atom is -0.316 e. The molecule has 21 heavy (non-hydrogen) atoms. The van der Waals surface area contributed by atoms with Crippen molar-refractivity contribution in [2.24, 2.45) is 0 Å². The SMILES string of the molecule is Cc1ccc2c(c1)CCc1sccc1C2=C1CCNCC1. The zero-order valence-corrected chi connectivity index (χ0v) is 13.4. The largest absolute Gasteiger partial charge is 0.316 e. The number of fused-ring (bicyclic) bond motifs is 2. The van der Waals surface area contributed by atoms with E-state index in [4.69, 9.17) is 0 Å². The molecule has 1 aromatic heterocycles. The van der Waals surface area contributed by atoms with Crippen LogP contribution in [0.5, 0.6) is 0 Å². The standard InChI is InChI=1S/C19H21NS/c1-13-2-4-16-15(12-13)3-5-18-17(8-11-21-18)19(16)14-6-9-20-10-7-14/h2,4,8,11-12,20H,3,5-7,9-10H2,1H3. The van der Waals surface area contributed by atoms with E-state index in [0.29, 0.717) is 0 Å². The Balaban J connectivity index is 1.96. The third kappa shape index (κ3) is 2.37. The molecule has 0 radical (unpaired) electrons. The Morgan fingerprint density at radius 1 is 0.952 bits per heavy atom. The number of benzene rings is 1. The van der Waals surface area contributed by atoms with Crippen LogP contribution in [0.2, 0.25) is 0 Å². The smallest absolute Gasteiger partial charge is 0.0127 e. The lowest BCUT2D eigenvalue weighted by Crippen LogP contribution is -2.24. The van der Waals surface area contributed by atoms with Gasteiger partial charge in [-0.25, -0.2) is 0 Å². The summed E-state index contributed by atoms with van der Waals surface area (Å²) in [5.41, 5.74) is 9.14. The summed E-state index contributed by atoms with van der Waals surface area (Å²) < 4.78 is 0. The minimum absolute atomic E-state index is 1.12. The van der Waals surface area contributed by atoms with E-state index in [-0.39, 0.29) is 0 Å². The second kappa shape index (κ2) is 5.43. The predicted octanol–water partition coefficient (Wildman–Crippen LogP) is 4.34. The van der Waals surface area contributed by atoms with Crippen molar-refractivity contribution in [3.05, 3.63) is 62.3 Å². The zero-order chi connectivity index (χ0) is 14.2. The average Bonchev–Trinajstić information content (AvgIpc) is 2.91. The molecule has 0 spiro atoms. The summed E-state index contributed by atoms with van der Waals surface area (Å²) >= 11 is 1.93. The molecule has 2 aliphatic rings. The van der Waals surface area contributed by atoms with Crippen LogP contribution in [0.1, 0.15) is 40.0 Å². The van der Waals surface area contributed by atoms with Gasteiger partial charge >= 0.3 is 0 Å². The molecule has 4 rings (SSSR count). The summed E-state index contributed by atoms with van der Waals surface area (Å²) in [6.07, 6.45) is 4.76. The molecule has 2 heterocycles. The highest BCUT2D eigenvalue weighted by atomic mass is 32.1. The van der Waals surface area contributed by atoms with E-state index in [1.54, 1.807) is 21.6 Å². The van der Waals surface area contributed by atoms with Gasteiger partial charge in [-0.1, -0.05) is 29.3 Å². The van der Waals surface area contributed by atoms with Crippen LogP contribution in [0.4, 0.5) is 0 Å². The zero-order valence-electron chi connectivity index (χ0n) is 12.5. The first-order valence-electron chi connectivity index (χ1n) is 7.92. The van der Waals surface area contributed by atoms with Gasteiger partial charge in [0.05, 0.1) is 0 Å². The molecule has 0 amide bonds. The van der Waals surface area contributed by atoms with Crippen LogP contribution in [0, 0.1) is 6.92 Å². The number of nitrogens with one attached hydrogen (secondary N) is 1. The van der Waals surface area contributed by atoms with Gasteiger partial charge < -0.3 is 5.32 Å². The Morgan fingerprint density at radius 3 is 2.67 bits per heavy atom. The van der Waals surface area contributed by atoms with E-state index in [0.717, 1.165) is 13.1 Å². The fourth-order valence-electron chi connectivity index (χ4n) is 3.68. The number of rotatable bonds is 0. The second-order valence-corrected chi connectivity index (χ2v) is 7.15. The average molecular weight is 295 g/mol. The van der Waals surface area contributed by atoms with E-state index in [1.165, 1.54) is 42.4 Å². The normalized spacial score (nSPS) is 18.1. The Kier molecular flexibility index (Phi) is 3.44. The van der Waals surface area contributed by atoms with Crippen molar-refractivity contribution in [3.8, 4) is 0 Å². The number of piperidine rings is 1. The molecule has 1 aliphatic carbocycles. The highest BCUT2D eigenvalue weighted by Gasteiger charge is 2.22. The van der Waals surface area contributed by atoms with Gasteiger partial charge in [-0.15, -0.1) is 11.3 Å². The van der Waals surface area contributed by atoms with Gasteiger partial charge in [-0.3, -0.25) is 0 Å². The number of hydrogen-bond donors (Lipinski definition) is 1. The van der Waals surface area contributed by atoms with Gasteiger partial charge in [0.25, 0.3) is 0 Å². The first kappa shape index (κ1) is 13.3. The first-order chi connectivity index (χ1) is 10.3. The molecule has 0 unspecified atom stereocenters. The van der Waals surface area contributed by atoms with Crippen LogP contribution in [0.25, 0.3) is 5.57 Å². The van der Waals surface area contributed by atoms with Crippen molar-refractivity contribution in [2.75, 3.05) is 13.1 Å². The van der Waals surface area contributed by atoms with E-state index >= 15 is 0 Å². The molecule has 1 N–H and O–H groups in total. The van der Waals surface area contributed by atoms with Gasteiger partial charge in [-0.2, -0.15) is 0 Å². The van der Waals surface area contributed by atoms with Crippen LogP contribution in [0.3, 0.4) is 0 Å². The molecule has 1 fully saturated rings. The molecule has 0 atom stereocenters. The van der Waals surface area contributed by atoms with Crippen molar-refractivity contribution in [2.45, 2.75) is 32.6 Å². The predicted molar refractivity (Wildman–Crippen MR) is 91.0 cm³/mol. The number of hydrogen-bond acceptors (Lipinski definition) is 2. The highest BCUT2D eigenvalue weighted by Crippen LogP contribution is 2.40. The maximum absolute atomic E-state index is 3.49. The molecule has 0 bridgehead atoms. The number of aryl methyl sites for hydroxylation is 3. The van der Waals surface area contributed by atoms with Gasteiger partial charge in [0.1, 0.15) is 0 Å². The molecule has 1 saturated heterocycles. The van der Waals surface area contributed by atoms with Crippen LogP contribution in [0.15, 0.2) is 35.2 Å². The van der Waals surface area contributed by atoms with Crippen molar-refractivity contribution in [1.82, 2.24) is 5.32 Å². The fourth-order valence-corrected chi connectivity index (χ4v) is 4.57. The summed E-state index contributed by atoms with van der Waals surface area (Å²) in [6.45, 7) is 4.46. The molecule has 2 aromatic rings. The van der Waals surface area contributed by atoms with Crippen molar-refractivity contribution in [1.29, 1.82) is 0 Å². The quantitative estimate of drug-likeness (QED) is 0.762. The lowest BCUT2D eigenvalue weighted by molar-refractivity contribution is 0.611. The van der Waals surface area contributed by atoms with Crippen LogP contribution in [-0.2, 0) is 12.8 Å². The summed E-state index contributed by atoms with van der Waals surface area (Å²) in [6, 6.07) is 9.38. The van der Waals surface area contributed by atoms with Gasteiger partial charge in [0, 0.05) is 4.88 Å².